The number of aliphatic hydroxyl groups excluding tert-OH is 1. The summed E-state index contributed by atoms with van der Waals surface area (Å²) >= 11 is 3.30. The fourth-order valence-electron chi connectivity index (χ4n) is 2.91. The minimum Gasteiger partial charge on any atom is -0.394 e. The fourth-order valence-corrected chi connectivity index (χ4v) is 3.33. The summed E-state index contributed by atoms with van der Waals surface area (Å²) in [7, 11) is 0. The SMILES string of the molecule is CC1CCCC(CO)(Nc2c(Br)cncc2[N+](=O)[O-])C1. The zero-order chi connectivity index (χ0) is 14.8. The Morgan fingerprint density at radius 3 is 3.00 bits per heavy atom. The van der Waals surface area contributed by atoms with E-state index >= 15 is 0 Å². The molecule has 2 unspecified atom stereocenters. The van der Waals surface area contributed by atoms with Crippen molar-refractivity contribution in [1.82, 2.24) is 4.98 Å². The van der Waals surface area contributed by atoms with Gasteiger partial charge in [-0.3, -0.25) is 15.1 Å². The Kier molecular flexibility index (Phi) is 4.59. The van der Waals surface area contributed by atoms with Crippen LogP contribution in [0.25, 0.3) is 0 Å². The average molecular weight is 344 g/mol. The number of anilines is 1. The molecule has 0 spiro atoms. The molecule has 2 atom stereocenters. The lowest BCUT2D eigenvalue weighted by Crippen LogP contribution is -2.46. The third-order valence-corrected chi connectivity index (χ3v) is 4.46. The van der Waals surface area contributed by atoms with Gasteiger partial charge in [-0.2, -0.15) is 0 Å². The van der Waals surface area contributed by atoms with Crippen molar-refractivity contribution in [1.29, 1.82) is 0 Å². The van der Waals surface area contributed by atoms with Crippen LogP contribution in [-0.4, -0.2) is 27.2 Å². The molecule has 0 radical (unpaired) electrons. The van der Waals surface area contributed by atoms with E-state index in [0.717, 1.165) is 25.7 Å². The highest BCUT2D eigenvalue weighted by molar-refractivity contribution is 9.10. The first kappa shape index (κ1) is 15.2. The summed E-state index contributed by atoms with van der Waals surface area (Å²) < 4.78 is 0.540. The third kappa shape index (κ3) is 3.09. The van der Waals surface area contributed by atoms with Crippen LogP contribution >= 0.6 is 15.9 Å². The normalized spacial score (nSPS) is 26.2. The van der Waals surface area contributed by atoms with Crippen LogP contribution < -0.4 is 5.32 Å². The fraction of sp³-hybridized carbons (Fsp3) is 0.615. The molecule has 2 N–H and O–H groups in total. The van der Waals surface area contributed by atoms with E-state index in [4.69, 9.17) is 0 Å². The van der Waals surface area contributed by atoms with Gasteiger partial charge in [0.25, 0.3) is 0 Å². The summed E-state index contributed by atoms with van der Waals surface area (Å²) in [4.78, 5) is 14.5. The monoisotopic (exact) mass is 343 g/mol. The van der Waals surface area contributed by atoms with Crippen LogP contribution in [-0.2, 0) is 0 Å². The summed E-state index contributed by atoms with van der Waals surface area (Å²) in [5.74, 6) is 0.489. The van der Waals surface area contributed by atoms with E-state index in [-0.39, 0.29) is 12.3 Å². The van der Waals surface area contributed by atoms with Gasteiger partial charge in [0, 0.05) is 6.20 Å². The maximum Gasteiger partial charge on any atom is 0.311 e. The van der Waals surface area contributed by atoms with E-state index in [1.165, 1.54) is 12.4 Å². The molecule has 1 fully saturated rings. The summed E-state index contributed by atoms with van der Waals surface area (Å²) in [6.07, 6.45) is 6.49. The Labute approximate surface area is 125 Å². The number of nitro groups is 1. The predicted molar refractivity (Wildman–Crippen MR) is 79.7 cm³/mol. The second-order valence-electron chi connectivity index (χ2n) is 5.54. The van der Waals surface area contributed by atoms with Gasteiger partial charge in [-0.1, -0.05) is 19.8 Å². The van der Waals surface area contributed by atoms with Gasteiger partial charge in [0.2, 0.25) is 0 Å². The predicted octanol–water partition coefficient (Wildman–Crippen LogP) is 3.11. The summed E-state index contributed by atoms with van der Waals surface area (Å²) in [5, 5.41) is 24.1. The molecule has 1 aromatic heterocycles. The minimum atomic E-state index is -0.494. The van der Waals surface area contributed by atoms with Crippen molar-refractivity contribution in [2.24, 2.45) is 5.92 Å². The summed E-state index contributed by atoms with van der Waals surface area (Å²) in [6.45, 7) is 2.10. The quantitative estimate of drug-likeness (QED) is 0.647. The molecule has 1 saturated carbocycles. The van der Waals surface area contributed by atoms with Crippen molar-refractivity contribution in [3.63, 3.8) is 0 Å². The van der Waals surface area contributed by atoms with E-state index in [2.05, 4.69) is 33.2 Å². The number of aliphatic hydroxyl groups is 1. The van der Waals surface area contributed by atoms with Crippen molar-refractivity contribution in [2.45, 2.75) is 38.1 Å². The molecule has 2 rings (SSSR count). The Balaban J connectivity index is 2.34. The van der Waals surface area contributed by atoms with Crippen LogP contribution in [0.3, 0.4) is 0 Å². The zero-order valence-corrected chi connectivity index (χ0v) is 12.9. The number of nitrogens with one attached hydrogen (secondary N) is 1. The molecule has 1 aromatic rings. The van der Waals surface area contributed by atoms with Gasteiger partial charge in [-0.25, -0.2) is 0 Å². The first-order valence-corrected chi connectivity index (χ1v) is 7.44. The second-order valence-corrected chi connectivity index (χ2v) is 6.39. The maximum absolute atomic E-state index is 11.1. The highest BCUT2D eigenvalue weighted by Gasteiger charge is 2.36. The standard InChI is InChI=1S/C13H18BrN3O3/c1-9-3-2-4-13(5-9,8-18)16-12-10(14)6-15-7-11(12)17(19)20/h6-7,9,18H,2-5,8H2,1H3,(H,15,16). The van der Waals surface area contributed by atoms with Gasteiger partial charge < -0.3 is 10.4 Å². The number of pyridine rings is 1. The topological polar surface area (TPSA) is 88.3 Å². The van der Waals surface area contributed by atoms with Crippen LogP contribution in [0.4, 0.5) is 11.4 Å². The van der Waals surface area contributed by atoms with Gasteiger partial charge >= 0.3 is 5.69 Å². The average Bonchev–Trinajstić information content (AvgIpc) is 2.41. The second kappa shape index (κ2) is 6.05. The van der Waals surface area contributed by atoms with Crippen LogP contribution in [0.1, 0.15) is 32.6 Å². The lowest BCUT2D eigenvalue weighted by atomic mass is 9.76. The zero-order valence-electron chi connectivity index (χ0n) is 11.3. The van der Waals surface area contributed by atoms with Gasteiger partial charge in [0.1, 0.15) is 11.9 Å². The van der Waals surface area contributed by atoms with Crippen LogP contribution in [0.2, 0.25) is 0 Å². The Hall–Kier alpha value is -1.21. The van der Waals surface area contributed by atoms with Gasteiger partial charge in [-0.15, -0.1) is 0 Å². The number of hydrogen-bond donors (Lipinski definition) is 2. The molecule has 0 amide bonds. The maximum atomic E-state index is 11.1. The molecule has 0 bridgehead atoms. The number of halogens is 1. The molecule has 0 aromatic carbocycles. The van der Waals surface area contributed by atoms with E-state index in [0.29, 0.717) is 16.1 Å². The third-order valence-electron chi connectivity index (χ3n) is 3.86. The lowest BCUT2D eigenvalue weighted by Gasteiger charge is -2.40. The highest BCUT2D eigenvalue weighted by Crippen LogP contribution is 2.39. The van der Waals surface area contributed by atoms with Gasteiger partial charge in [0.05, 0.1) is 21.5 Å². The molecule has 1 aliphatic carbocycles. The molecule has 0 aliphatic heterocycles. The van der Waals surface area contributed by atoms with E-state index < -0.39 is 10.5 Å². The Morgan fingerprint density at radius 2 is 2.40 bits per heavy atom. The largest absolute Gasteiger partial charge is 0.394 e. The van der Waals surface area contributed by atoms with Gasteiger partial charge in [0.15, 0.2) is 0 Å². The molecular weight excluding hydrogens is 326 g/mol. The number of nitrogens with zero attached hydrogens (tertiary/aromatic N) is 2. The first-order chi connectivity index (χ1) is 9.47. The van der Waals surface area contributed by atoms with Crippen LogP contribution in [0.5, 0.6) is 0 Å². The van der Waals surface area contributed by atoms with E-state index in [9.17, 15) is 15.2 Å². The number of rotatable bonds is 4. The van der Waals surface area contributed by atoms with Crippen LogP contribution in [0.15, 0.2) is 16.9 Å². The summed E-state index contributed by atoms with van der Waals surface area (Å²) in [6, 6.07) is 0. The molecule has 110 valence electrons. The van der Waals surface area contributed by atoms with Crippen molar-refractivity contribution in [3.8, 4) is 0 Å². The molecule has 1 aliphatic rings. The minimum absolute atomic E-state index is 0.0384. The van der Waals surface area contributed by atoms with Crippen molar-refractivity contribution < 1.29 is 10.0 Å². The lowest BCUT2D eigenvalue weighted by molar-refractivity contribution is -0.384. The molecule has 6 nitrogen and oxygen atoms in total. The summed E-state index contributed by atoms with van der Waals surface area (Å²) in [5.41, 5.74) is -0.176. The molecule has 20 heavy (non-hydrogen) atoms. The molecule has 7 heteroatoms. The highest BCUT2D eigenvalue weighted by atomic mass is 79.9. The number of hydrogen-bond acceptors (Lipinski definition) is 5. The molecule has 0 saturated heterocycles. The van der Waals surface area contributed by atoms with Crippen molar-refractivity contribution in [2.75, 3.05) is 11.9 Å². The molecule has 1 heterocycles. The van der Waals surface area contributed by atoms with Crippen LogP contribution in [0, 0.1) is 16.0 Å². The van der Waals surface area contributed by atoms with Crippen molar-refractivity contribution >= 4 is 27.3 Å². The smallest absolute Gasteiger partial charge is 0.311 e. The van der Waals surface area contributed by atoms with E-state index in [1.54, 1.807) is 0 Å². The van der Waals surface area contributed by atoms with Crippen molar-refractivity contribution in [3.05, 3.63) is 27.0 Å². The first-order valence-electron chi connectivity index (χ1n) is 6.64. The molecular formula is C13H18BrN3O3. The van der Waals surface area contributed by atoms with E-state index in [1.807, 2.05) is 0 Å². The Morgan fingerprint density at radius 1 is 1.65 bits per heavy atom. The van der Waals surface area contributed by atoms with Gasteiger partial charge in [-0.05, 0) is 34.7 Å². The number of aromatic nitrogens is 1. The Bertz CT molecular complexity index is 512.